The fraction of sp³-hybridized carbons (Fsp3) is 0.250. The molecule has 0 aromatic heterocycles. The monoisotopic (exact) mass is 357 g/mol. The van der Waals surface area contributed by atoms with Gasteiger partial charge in [0, 0.05) is 5.56 Å². The number of rotatable bonds is 5. The number of halogens is 4. The Morgan fingerprint density at radius 3 is 2.24 bits per heavy atom. The first-order valence-electron chi connectivity index (χ1n) is 6.58. The number of hydrogen-bond acceptors (Lipinski definition) is 1. The molecule has 0 aliphatic heterocycles. The van der Waals surface area contributed by atoms with E-state index in [1.807, 2.05) is 0 Å². The molecule has 0 amide bonds. The Hall–Kier alpha value is -1.33. The Morgan fingerprint density at radius 1 is 0.952 bits per heavy atom. The van der Waals surface area contributed by atoms with Crippen molar-refractivity contribution in [1.82, 2.24) is 0 Å². The Morgan fingerprint density at radius 2 is 1.62 bits per heavy atom. The van der Waals surface area contributed by atoms with E-state index in [0.717, 1.165) is 5.56 Å². The maximum Gasteiger partial charge on any atom is 0.143 e. The third-order valence-electron chi connectivity index (χ3n) is 3.40. The Balaban J connectivity index is 2.16. The zero-order valence-electron chi connectivity index (χ0n) is 11.3. The van der Waals surface area contributed by atoms with E-state index in [4.69, 9.17) is 5.73 Å². The van der Waals surface area contributed by atoms with Crippen molar-refractivity contribution in [2.75, 3.05) is 6.54 Å². The first kappa shape index (κ1) is 16.0. The molecular weight excluding hydrogens is 343 g/mol. The van der Waals surface area contributed by atoms with Crippen LogP contribution in [0.15, 0.2) is 40.9 Å². The molecule has 1 unspecified atom stereocenters. The summed E-state index contributed by atoms with van der Waals surface area (Å²) in [6, 6.07) is 8.61. The lowest BCUT2D eigenvalue weighted by atomic mass is 9.92. The van der Waals surface area contributed by atoms with Crippen molar-refractivity contribution in [2.45, 2.75) is 12.8 Å². The van der Waals surface area contributed by atoms with Crippen molar-refractivity contribution in [2.24, 2.45) is 11.7 Å². The summed E-state index contributed by atoms with van der Waals surface area (Å²) in [6.45, 7) is 0.294. The highest BCUT2D eigenvalue weighted by molar-refractivity contribution is 9.10. The molecular formula is C16H15BrF3N. The molecule has 2 aromatic carbocycles. The molecule has 0 aliphatic carbocycles. The molecule has 0 bridgehead atoms. The van der Waals surface area contributed by atoms with E-state index in [9.17, 15) is 13.2 Å². The number of benzene rings is 2. The topological polar surface area (TPSA) is 26.0 Å². The molecule has 0 spiro atoms. The van der Waals surface area contributed by atoms with Gasteiger partial charge in [0.2, 0.25) is 0 Å². The van der Waals surface area contributed by atoms with Gasteiger partial charge in [-0.2, -0.15) is 0 Å². The number of hydrogen-bond donors (Lipinski definition) is 1. The van der Waals surface area contributed by atoms with Gasteiger partial charge in [0.15, 0.2) is 0 Å². The quantitative estimate of drug-likeness (QED) is 0.796. The van der Waals surface area contributed by atoms with Gasteiger partial charge in [0.05, 0.1) is 4.47 Å². The van der Waals surface area contributed by atoms with E-state index in [2.05, 4.69) is 15.9 Å². The Bertz CT molecular complexity index is 614. The van der Waals surface area contributed by atoms with Gasteiger partial charge in [-0.25, -0.2) is 13.2 Å². The molecule has 1 nitrogen and oxygen atoms in total. The van der Waals surface area contributed by atoms with E-state index in [1.54, 1.807) is 12.1 Å². The van der Waals surface area contributed by atoms with E-state index in [-0.39, 0.29) is 28.2 Å². The van der Waals surface area contributed by atoms with Crippen LogP contribution in [0.5, 0.6) is 0 Å². The van der Waals surface area contributed by atoms with Gasteiger partial charge in [-0.3, -0.25) is 0 Å². The molecule has 0 radical (unpaired) electrons. The SMILES string of the molecule is NCC(Cc1ccc(F)cc1)Cc1c(F)ccc(Br)c1F. The average Bonchev–Trinajstić information content (AvgIpc) is 2.48. The van der Waals surface area contributed by atoms with E-state index >= 15 is 0 Å². The molecule has 21 heavy (non-hydrogen) atoms. The van der Waals surface area contributed by atoms with Crippen molar-refractivity contribution in [3.63, 3.8) is 0 Å². The minimum Gasteiger partial charge on any atom is -0.330 e. The first-order valence-corrected chi connectivity index (χ1v) is 7.37. The summed E-state index contributed by atoms with van der Waals surface area (Å²) < 4.78 is 40.8. The van der Waals surface area contributed by atoms with Crippen LogP contribution in [-0.2, 0) is 12.8 Å². The molecule has 5 heteroatoms. The van der Waals surface area contributed by atoms with Gasteiger partial charge in [0.25, 0.3) is 0 Å². The smallest absolute Gasteiger partial charge is 0.143 e. The minimum absolute atomic E-state index is 0.0296. The van der Waals surface area contributed by atoms with E-state index in [0.29, 0.717) is 13.0 Å². The summed E-state index contributed by atoms with van der Waals surface area (Å²) in [7, 11) is 0. The largest absolute Gasteiger partial charge is 0.330 e. The molecule has 2 N–H and O–H groups in total. The minimum atomic E-state index is -0.590. The summed E-state index contributed by atoms with van der Waals surface area (Å²) in [5.41, 5.74) is 6.63. The van der Waals surface area contributed by atoms with Gasteiger partial charge in [-0.05, 0) is 71.1 Å². The summed E-state index contributed by atoms with van der Waals surface area (Å²) in [4.78, 5) is 0. The first-order chi connectivity index (χ1) is 10.0. The maximum absolute atomic E-state index is 14.0. The van der Waals surface area contributed by atoms with Crippen molar-refractivity contribution in [3.8, 4) is 0 Å². The van der Waals surface area contributed by atoms with E-state index in [1.165, 1.54) is 24.3 Å². The fourth-order valence-electron chi connectivity index (χ4n) is 2.24. The van der Waals surface area contributed by atoms with Crippen LogP contribution in [0.1, 0.15) is 11.1 Å². The second-order valence-corrected chi connectivity index (χ2v) is 5.81. The zero-order valence-corrected chi connectivity index (χ0v) is 12.8. The molecule has 112 valence electrons. The lowest BCUT2D eigenvalue weighted by Crippen LogP contribution is -2.20. The molecule has 0 fully saturated rings. The molecule has 0 saturated carbocycles. The highest BCUT2D eigenvalue weighted by atomic mass is 79.9. The fourth-order valence-corrected chi connectivity index (χ4v) is 2.61. The lowest BCUT2D eigenvalue weighted by molar-refractivity contribution is 0.483. The molecule has 1 atom stereocenters. The van der Waals surface area contributed by atoms with Crippen LogP contribution in [0.3, 0.4) is 0 Å². The van der Waals surface area contributed by atoms with Gasteiger partial charge in [-0.1, -0.05) is 12.1 Å². The second kappa shape index (κ2) is 7.09. The van der Waals surface area contributed by atoms with Crippen LogP contribution in [0.4, 0.5) is 13.2 Å². The lowest BCUT2D eigenvalue weighted by Gasteiger charge is -2.16. The third kappa shape index (κ3) is 4.08. The van der Waals surface area contributed by atoms with Crippen LogP contribution < -0.4 is 5.73 Å². The Labute approximate surface area is 130 Å². The predicted octanol–water partition coefficient (Wildman–Crippen LogP) is 4.23. The van der Waals surface area contributed by atoms with Crippen molar-refractivity contribution >= 4 is 15.9 Å². The second-order valence-electron chi connectivity index (χ2n) is 4.96. The maximum atomic E-state index is 14.0. The third-order valence-corrected chi connectivity index (χ3v) is 4.02. The highest BCUT2D eigenvalue weighted by Gasteiger charge is 2.17. The van der Waals surface area contributed by atoms with Crippen LogP contribution in [0, 0.1) is 23.4 Å². The number of nitrogens with two attached hydrogens (primary N) is 1. The van der Waals surface area contributed by atoms with Gasteiger partial charge in [0.1, 0.15) is 17.5 Å². The zero-order chi connectivity index (χ0) is 15.4. The van der Waals surface area contributed by atoms with Crippen molar-refractivity contribution in [1.29, 1.82) is 0 Å². The van der Waals surface area contributed by atoms with Crippen LogP contribution in [0.25, 0.3) is 0 Å². The normalized spacial score (nSPS) is 12.4. The standard InChI is InChI=1S/C16H15BrF3N/c17-14-5-6-15(19)13(16(14)20)8-11(9-21)7-10-1-3-12(18)4-2-10/h1-6,11H,7-9,21H2. The molecule has 0 saturated heterocycles. The predicted molar refractivity (Wildman–Crippen MR) is 80.4 cm³/mol. The summed E-state index contributed by atoms with van der Waals surface area (Å²) >= 11 is 3.05. The Kier molecular flexibility index (Phi) is 5.42. The molecule has 2 aromatic rings. The summed E-state index contributed by atoms with van der Waals surface area (Å²) in [5, 5.41) is 0. The van der Waals surface area contributed by atoms with Crippen molar-refractivity contribution in [3.05, 3.63) is 69.4 Å². The van der Waals surface area contributed by atoms with Gasteiger partial charge in [-0.15, -0.1) is 0 Å². The van der Waals surface area contributed by atoms with Gasteiger partial charge >= 0.3 is 0 Å². The van der Waals surface area contributed by atoms with Crippen molar-refractivity contribution < 1.29 is 13.2 Å². The highest BCUT2D eigenvalue weighted by Crippen LogP contribution is 2.25. The van der Waals surface area contributed by atoms with Gasteiger partial charge < -0.3 is 5.73 Å². The summed E-state index contributed by atoms with van der Waals surface area (Å²) in [6.07, 6.45) is 0.743. The summed E-state index contributed by atoms with van der Waals surface area (Å²) in [5.74, 6) is -1.60. The molecule has 0 aliphatic rings. The van der Waals surface area contributed by atoms with Crippen LogP contribution in [0.2, 0.25) is 0 Å². The molecule has 2 rings (SSSR count). The average molecular weight is 358 g/mol. The van der Waals surface area contributed by atoms with Crippen LogP contribution in [-0.4, -0.2) is 6.54 Å². The van der Waals surface area contributed by atoms with E-state index < -0.39 is 11.6 Å². The molecule has 0 heterocycles. The van der Waals surface area contributed by atoms with Crippen LogP contribution >= 0.6 is 15.9 Å².